The van der Waals surface area contributed by atoms with Crippen molar-refractivity contribution >= 4 is 34.6 Å². The molecule has 0 unspecified atom stereocenters. The van der Waals surface area contributed by atoms with Gasteiger partial charge in [0, 0.05) is 37.8 Å². The maximum absolute atomic E-state index is 12.8. The number of amides is 2. The summed E-state index contributed by atoms with van der Waals surface area (Å²) in [5, 5.41) is 0.606. The van der Waals surface area contributed by atoms with Crippen molar-refractivity contribution in [1.82, 2.24) is 19.4 Å². The molecule has 144 valence electrons. The van der Waals surface area contributed by atoms with Crippen molar-refractivity contribution in [1.29, 1.82) is 0 Å². The molecule has 4 rings (SSSR count). The summed E-state index contributed by atoms with van der Waals surface area (Å²) in [6.07, 6.45) is 2.76. The van der Waals surface area contributed by atoms with E-state index in [1.54, 1.807) is 17.2 Å². The van der Waals surface area contributed by atoms with Crippen molar-refractivity contribution in [3.8, 4) is 11.4 Å². The second-order valence-electron chi connectivity index (χ2n) is 7.01. The number of likely N-dealkylation sites (tertiary alicyclic amines) is 1. The van der Waals surface area contributed by atoms with E-state index in [0.717, 1.165) is 5.56 Å². The van der Waals surface area contributed by atoms with Gasteiger partial charge in [0.25, 0.3) is 5.91 Å². The summed E-state index contributed by atoms with van der Waals surface area (Å²) in [6.45, 7) is 1.02. The van der Waals surface area contributed by atoms with Gasteiger partial charge in [0.1, 0.15) is 11.3 Å². The van der Waals surface area contributed by atoms with Crippen LogP contribution in [0.15, 0.2) is 36.5 Å². The first-order valence-corrected chi connectivity index (χ1v) is 9.49. The first-order chi connectivity index (χ1) is 13.5. The van der Waals surface area contributed by atoms with Gasteiger partial charge in [-0.05, 0) is 31.0 Å². The van der Waals surface area contributed by atoms with E-state index in [0.29, 0.717) is 53.5 Å². The van der Waals surface area contributed by atoms with E-state index in [4.69, 9.17) is 17.3 Å². The lowest BCUT2D eigenvalue weighted by atomic mass is 9.96. The topological polar surface area (TPSA) is 94.1 Å². The van der Waals surface area contributed by atoms with Gasteiger partial charge in [0.2, 0.25) is 5.91 Å². The Morgan fingerprint density at radius 2 is 1.93 bits per heavy atom. The molecule has 0 radical (unpaired) electrons. The molecule has 1 fully saturated rings. The second-order valence-corrected chi connectivity index (χ2v) is 7.42. The molecule has 3 heterocycles. The van der Waals surface area contributed by atoms with Crippen molar-refractivity contribution in [2.75, 3.05) is 13.1 Å². The van der Waals surface area contributed by atoms with Crippen molar-refractivity contribution in [3.05, 3.63) is 47.1 Å². The molecule has 2 aromatic heterocycles. The normalized spacial score (nSPS) is 15.1. The zero-order valence-corrected chi connectivity index (χ0v) is 16.2. The predicted octanol–water partition coefficient (Wildman–Crippen LogP) is 2.63. The molecule has 0 bridgehead atoms. The number of carbonyl (C=O) groups excluding carboxylic acids is 2. The lowest BCUT2D eigenvalue weighted by Gasteiger charge is -2.30. The number of primary amides is 1. The molecule has 0 spiro atoms. The van der Waals surface area contributed by atoms with Gasteiger partial charge in [-0.15, -0.1) is 0 Å². The summed E-state index contributed by atoms with van der Waals surface area (Å²) in [5.74, 6) is 0.136. The summed E-state index contributed by atoms with van der Waals surface area (Å²) >= 11 is 6.31. The van der Waals surface area contributed by atoms with Gasteiger partial charge >= 0.3 is 0 Å². The van der Waals surface area contributed by atoms with Gasteiger partial charge in [0.15, 0.2) is 5.65 Å². The van der Waals surface area contributed by atoms with Gasteiger partial charge in [-0.2, -0.15) is 0 Å². The fourth-order valence-corrected chi connectivity index (χ4v) is 3.85. The van der Waals surface area contributed by atoms with Gasteiger partial charge < -0.3 is 15.2 Å². The number of rotatable bonds is 3. The highest BCUT2D eigenvalue weighted by atomic mass is 35.5. The quantitative estimate of drug-likeness (QED) is 0.735. The Morgan fingerprint density at radius 1 is 1.21 bits per heavy atom. The molecule has 0 aliphatic carbocycles. The molecule has 2 N–H and O–H groups in total. The van der Waals surface area contributed by atoms with Crippen molar-refractivity contribution in [2.24, 2.45) is 18.7 Å². The van der Waals surface area contributed by atoms with Crippen LogP contribution in [0.5, 0.6) is 0 Å². The highest BCUT2D eigenvalue weighted by Gasteiger charge is 2.27. The summed E-state index contributed by atoms with van der Waals surface area (Å²) in [4.78, 5) is 35.0. The standard InChI is InChI=1S/C20H20ClN5O2/c1-25-18(14-4-2-3-5-15(14)21)24-16-10-13(11-23-19(16)25)20(28)26-8-6-12(7-9-26)17(22)27/h2-5,10-12H,6-9H2,1H3,(H2,22,27). The Hall–Kier alpha value is -2.93. The summed E-state index contributed by atoms with van der Waals surface area (Å²) in [5.41, 5.74) is 7.97. The van der Waals surface area contributed by atoms with E-state index in [-0.39, 0.29) is 17.7 Å². The number of imidazole rings is 1. The first kappa shape index (κ1) is 18.4. The number of nitrogens with two attached hydrogens (primary N) is 1. The predicted molar refractivity (Wildman–Crippen MR) is 107 cm³/mol. The molecule has 8 heteroatoms. The number of aromatic nitrogens is 3. The van der Waals surface area contributed by atoms with Gasteiger partial charge in [-0.3, -0.25) is 9.59 Å². The Kier molecular flexibility index (Phi) is 4.77. The zero-order valence-electron chi connectivity index (χ0n) is 15.4. The Bertz CT molecular complexity index is 1070. The van der Waals surface area contributed by atoms with E-state index >= 15 is 0 Å². The van der Waals surface area contributed by atoms with Crippen LogP contribution >= 0.6 is 11.6 Å². The van der Waals surface area contributed by atoms with E-state index in [2.05, 4.69) is 9.97 Å². The number of pyridine rings is 1. The molecule has 1 aliphatic rings. The minimum absolute atomic E-state index is 0.109. The van der Waals surface area contributed by atoms with Crippen molar-refractivity contribution < 1.29 is 9.59 Å². The SMILES string of the molecule is Cn1c(-c2ccccc2Cl)nc2cc(C(=O)N3CCC(C(N)=O)CC3)cnc21. The molecule has 1 aliphatic heterocycles. The second kappa shape index (κ2) is 7.24. The third-order valence-electron chi connectivity index (χ3n) is 5.26. The average Bonchev–Trinajstić information content (AvgIpc) is 3.03. The van der Waals surface area contributed by atoms with E-state index < -0.39 is 0 Å². The smallest absolute Gasteiger partial charge is 0.255 e. The fourth-order valence-electron chi connectivity index (χ4n) is 3.63. The van der Waals surface area contributed by atoms with Crippen LogP contribution in [0.1, 0.15) is 23.2 Å². The van der Waals surface area contributed by atoms with E-state index in [9.17, 15) is 9.59 Å². The molecular formula is C20H20ClN5O2. The number of aryl methyl sites for hydroxylation is 1. The van der Waals surface area contributed by atoms with E-state index in [1.807, 2.05) is 35.9 Å². The molecule has 28 heavy (non-hydrogen) atoms. The van der Waals surface area contributed by atoms with Gasteiger partial charge in [-0.25, -0.2) is 9.97 Å². The molecule has 1 aromatic carbocycles. The van der Waals surface area contributed by atoms with Crippen LogP contribution < -0.4 is 5.73 Å². The molecule has 3 aromatic rings. The number of piperidine rings is 1. The fraction of sp³-hybridized carbons (Fsp3) is 0.300. The minimum atomic E-state index is -0.296. The molecule has 2 amide bonds. The largest absolute Gasteiger partial charge is 0.369 e. The summed E-state index contributed by atoms with van der Waals surface area (Å²) in [6, 6.07) is 9.24. The molecule has 0 atom stereocenters. The third kappa shape index (κ3) is 3.22. The number of carbonyl (C=O) groups is 2. The summed E-state index contributed by atoms with van der Waals surface area (Å²) < 4.78 is 1.86. The minimum Gasteiger partial charge on any atom is -0.369 e. The lowest BCUT2D eigenvalue weighted by Crippen LogP contribution is -2.41. The lowest BCUT2D eigenvalue weighted by molar-refractivity contribution is -0.123. The third-order valence-corrected chi connectivity index (χ3v) is 5.58. The summed E-state index contributed by atoms with van der Waals surface area (Å²) in [7, 11) is 1.87. The molecule has 7 nitrogen and oxygen atoms in total. The van der Waals surface area contributed by atoms with E-state index in [1.165, 1.54) is 0 Å². The average molecular weight is 398 g/mol. The number of nitrogens with zero attached hydrogens (tertiary/aromatic N) is 4. The number of hydrogen-bond acceptors (Lipinski definition) is 4. The maximum atomic E-state index is 12.8. The number of benzene rings is 1. The van der Waals surface area contributed by atoms with Crippen LogP contribution in [-0.4, -0.2) is 44.3 Å². The van der Waals surface area contributed by atoms with Gasteiger partial charge in [0.05, 0.1) is 10.6 Å². The molecule has 0 saturated carbocycles. The van der Waals surface area contributed by atoms with Crippen LogP contribution in [0.3, 0.4) is 0 Å². The van der Waals surface area contributed by atoms with Crippen LogP contribution in [0.4, 0.5) is 0 Å². The van der Waals surface area contributed by atoms with Crippen molar-refractivity contribution in [3.63, 3.8) is 0 Å². The Balaban J connectivity index is 1.63. The monoisotopic (exact) mass is 397 g/mol. The van der Waals surface area contributed by atoms with Crippen LogP contribution in [0, 0.1) is 5.92 Å². The van der Waals surface area contributed by atoms with Gasteiger partial charge in [-0.1, -0.05) is 23.7 Å². The maximum Gasteiger partial charge on any atom is 0.255 e. The number of hydrogen-bond donors (Lipinski definition) is 1. The van der Waals surface area contributed by atoms with Crippen molar-refractivity contribution in [2.45, 2.75) is 12.8 Å². The molecular weight excluding hydrogens is 378 g/mol. The van der Waals surface area contributed by atoms with Crippen LogP contribution in [0.2, 0.25) is 5.02 Å². The number of halogens is 1. The van der Waals surface area contributed by atoms with Crippen LogP contribution in [-0.2, 0) is 11.8 Å². The Labute approximate surface area is 167 Å². The highest BCUT2D eigenvalue weighted by Crippen LogP contribution is 2.29. The first-order valence-electron chi connectivity index (χ1n) is 9.11. The molecule has 1 saturated heterocycles. The van der Waals surface area contributed by atoms with Crippen LogP contribution in [0.25, 0.3) is 22.6 Å². The Morgan fingerprint density at radius 3 is 2.61 bits per heavy atom. The number of fused-ring (bicyclic) bond motifs is 1. The zero-order chi connectivity index (χ0) is 19.8. The highest BCUT2D eigenvalue weighted by molar-refractivity contribution is 6.33.